The molecule has 16 heavy (non-hydrogen) atoms. The third-order valence-electron chi connectivity index (χ3n) is 2.64. The van der Waals surface area contributed by atoms with Gasteiger partial charge in [0.05, 0.1) is 12.4 Å². The molecule has 0 amide bonds. The molecule has 0 saturated carbocycles. The first-order valence-electron chi connectivity index (χ1n) is 5.82. The molecule has 96 valence electrons. The van der Waals surface area contributed by atoms with E-state index in [4.69, 9.17) is 4.74 Å². The molecule has 1 unspecified atom stereocenters. The SMILES string of the molecule is CCN[C@H](C)CNS(=O)(=O)CC1CCOC1. The average Bonchev–Trinajstić information content (AvgIpc) is 2.67. The van der Waals surface area contributed by atoms with Crippen molar-refractivity contribution in [3.8, 4) is 0 Å². The summed E-state index contributed by atoms with van der Waals surface area (Å²) in [5, 5.41) is 3.16. The Balaban J connectivity index is 2.27. The summed E-state index contributed by atoms with van der Waals surface area (Å²) in [6, 6.07) is 0.166. The Morgan fingerprint density at radius 1 is 1.50 bits per heavy atom. The minimum absolute atomic E-state index is 0.159. The van der Waals surface area contributed by atoms with Gasteiger partial charge in [-0.1, -0.05) is 6.92 Å². The van der Waals surface area contributed by atoms with Gasteiger partial charge in [-0.25, -0.2) is 13.1 Å². The summed E-state index contributed by atoms with van der Waals surface area (Å²) in [6.07, 6.45) is 0.851. The van der Waals surface area contributed by atoms with Gasteiger partial charge in [-0.3, -0.25) is 0 Å². The van der Waals surface area contributed by atoms with Crippen LogP contribution in [0.4, 0.5) is 0 Å². The molecule has 0 radical (unpaired) electrons. The zero-order valence-electron chi connectivity index (χ0n) is 10.0. The van der Waals surface area contributed by atoms with Crippen LogP contribution in [0.1, 0.15) is 20.3 Å². The van der Waals surface area contributed by atoms with Crippen LogP contribution in [0.15, 0.2) is 0 Å². The minimum Gasteiger partial charge on any atom is -0.381 e. The number of hydrogen-bond acceptors (Lipinski definition) is 4. The highest BCUT2D eigenvalue weighted by molar-refractivity contribution is 7.89. The van der Waals surface area contributed by atoms with Crippen LogP contribution < -0.4 is 10.0 Å². The van der Waals surface area contributed by atoms with Gasteiger partial charge in [0, 0.05) is 19.2 Å². The highest BCUT2D eigenvalue weighted by atomic mass is 32.2. The molecule has 1 aliphatic rings. The Hall–Kier alpha value is -0.170. The van der Waals surface area contributed by atoms with E-state index in [9.17, 15) is 8.42 Å². The van der Waals surface area contributed by atoms with E-state index in [2.05, 4.69) is 10.0 Å². The molecular formula is C10H22N2O3S. The molecule has 6 heteroatoms. The molecule has 5 nitrogen and oxygen atoms in total. The van der Waals surface area contributed by atoms with Crippen molar-refractivity contribution in [2.24, 2.45) is 5.92 Å². The van der Waals surface area contributed by atoms with Gasteiger partial charge in [0.2, 0.25) is 10.0 Å². The number of nitrogens with one attached hydrogen (secondary N) is 2. The van der Waals surface area contributed by atoms with Crippen molar-refractivity contribution in [2.75, 3.05) is 32.1 Å². The molecule has 1 rings (SSSR count). The normalized spacial score (nSPS) is 23.5. The van der Waals surface area contributed by atoms with Gasteiger partial charge in [0.15, 0.2) is 0 Å². The average molecular weight is 250 g/mol. The van der Waals surface area contributed by atoms with E-state index in [0.29, 0.717) is 19.8 Å². The quantitative estimate of drug-likeness (QED) is 0.664. The molecule has 1 heterocycles. The molecule has 0 bridgehead atoms. The summed E-state index contributed by atoms with van der Waals surface area (Å²) in [7, 11) is -3.15. The predicted octanol–water partition coefficient (Wildman–Crippen LogP) is -0.0597. The first kappa shape index (κ1) is 13.9. The number of ether oxygens (including phenoxy) is 1. The maximum atomic E-state index is 11.7. The summed E-state index contributed by atoms with van der Waals surface area (Å²) in [5.74, 6) is 0.346. The van der Waals surface area contributed by atoms with Gasteiger partial charge < -0.3 is 10.1 Å². The van der Waals surface area contributed by atoms with Gasteiger partial charge in [-0.2, -0.15) is 0 Å². The predicted molar refractivity (Wildman–Crippen MR) is 63.9 cm³/mol. The largest absolute Gasteiger partial charge is 0.381 e. The smallest absolute Gasteiger partial charge is 0.212 e. The van der Waals surface area contributed by atoms with E-state index in [1.165, 1.54) is 0 Å². The molecular weight excluding hydrogens is 228 g/mol. The highest BCUT2D eigenvalue weighted by Crippen LogP contribution is 2.13. The van der Waals surface area contributed by atoms with Crippen LogP contribution in [0.2, 0.25) is 0 Å². The highest BCUT2D eigenvalue weighted by Gasteiger charge is 2.23. The van der Waals surface area contributed by atoms with Gasteiger partial charge in [-0.05, 0) is 25.8 Å². The molecule has 0 aliphatic carbocycles. The van der Waals surface area contributed by atoms with Crippen LogP contribution in [-0.4, -0.2) is 46.5 Å². The van der Waals surface area contributed by atoms with Crippen molar-refractivity contribution in [3.63, 3.8) is 0 Å². The fourth-order valence-corrected chi connectivity index (χ4v) is 3.26. The van der Waals surface area contributed by atoms with E-state index in [0.717, 1.165) is 13.0 Å². The molecule has 1 aliphatic heterocycles. The van der Waals surface area contributed by atoms with E-state index in [1.54, 1.807) is 0 Å². The zero-order valence-corrected chi connectivity index (χ0v) is 10.8. The monoisotopic (exact) mass is 250 g/mol. The first-order valence-corrected chi connectivity index (χ1v) is 7.47. The Kier molecular flexibility index (Phi) is 5.68. The second-order valence-electron chi connectivity index (χ2n) is 4.32. The molecule has 1 saturated heterocycles. The van der Waals surface area contributed by atoms with Crippen molar-refractivity contribution in [2.45, 2.75) is 26.3 Å². The maximum absolute atomic E-state index is 11.7. The number of hydrogen-bond donors (Lipinski definition) is 2. The molecule has 1 fully saturated rings. The minimum atomic E-state index is -3.15. The second-order valence-corrected chi connectivity index (χ2v) is 6.17. The summed E-state index contributed by atoms with van der Waals surface area (Å²) in [4.78, 5) is 0. The Morgan fingerprint density at radius 2 is 2.25 bits per heavy atom. The maximum Gasteiger partial charge on any atom is 0.212 e. The van der Waals surface area contributed by atoms with Crippen molar-refractivity contribution in [1.82, 2.24) is 10.0 Å². The van der Waals surface area contributed by atoms with Crippen LogP contribution in [0, 0.1) is 5.92 Å². The van der Waals surface area contributed by atoms with Gasteiger partial charge in [0.1, 0.15) is 0 Å². The summed E-state index contributed by atoms with van der Waals surface area (Å²) in [6.45, 7) is 6.52. The first-order chi connectivity index (χ1) is 7.53. The second kappa shape index (κ2) is 6.54. The van der Waals surface area contributed by atoms with E-state index < -0.39 is 10.0 Å². The molecule has 0 spiro atoms. The molecule has 2 N–H and O–H groups in total. The summed E-state index contributed by atoms with van der Waals surface area (Å²) < 4.78 is 31.2. The van der Waals surface area contributed by atoms with Crippen LogP contribution >= 0.6 is 0 Å². The van der Waals surface area contributed by atoms with Crippen molar-refractivity contribution >= 4 is 10.0 Å². The molecule has 2 atom stereocenters. The lowest BCUT2D eigenvalue weighted by Crippen LogP contribution is -2.40. The van der Waals surface area contributed by atoms with Crippen molar-refractivity contribution in [3.05, 3.63) is 0 Å². The van der Waals surface area contributed by atoms with Crippen LogP contribution in [0.25, 0.3) is 0 Å². The van der Waals surface area contributed by atoms with Crippen molar-refractivity contribution < 1.29 is 13.2 Å². The van der Waals surface area contributed by atoms with Crippen LogP contribution in [0.3, 0.4) is 0 Å². The lowest BCUT2D eigenvalue weighted by Gasteiger charge is -2.14. The fraction of sp³-hybridized carbons (Fsp3) is 1.00. The number of likely N-dealkylation sites (N-methyl/N-ethyl adjacent to an activating group) is 1. The summed E-state index contributed by atoms with van der Waals surface area (Å²) >= 11 is 0. The van der Waals surface area contributed by atoms with Gasteiger partial charge in [-0.15, -0.1) is 0 Å². The molecule has 0 aromatic carbocycles. The van der Waals surface area contributed by atoms with E-state index in [-0.39, 0.29) is 17.7 Å². The Labute approximate surface area is 98.0 Å². The molecule has 0 aromatic heterocycles. The van der Waals surface area contributed by atoms with E-state index >= 15 is 0 Å². The fourth-order valence-electron chi connectivity index (χ4n) is 1.76. The van der Waals surface area contributed by atoms with Crippen LogP contribution in [-0.2, 0) is 14.8 Å². The third kappa shape index (κ3) is 5.25. The lowest BCUT2D eigenvalue weighted by atomic mass is 10.2. The standard InChI is InChI=1S/C10H22N2O3S/c1-3-11-9(2)6-12-16(13,14)8-10-4-5-15-7-10/h9-12H,3-8H2,1-2H3/t9-,10?/m1/s1. The summed E-state index contributed by atoms with van der Waals surface area (Å²) in [5.41, 5.74) is 0. The van der Waals surface area contributed by atoms with Crippen molar-refractivity contribution in [1.29, 1.82) is 0 Å². The Morgan fingerprint density at radius 3 is 2.81 bits per heavy atom. The van der Waals surface area contributed by atoms with E-state index in [1.807, 2.05) is 13.8 Å². The van der Waals surface area contributed by atoms with Crippen LogP contribution in [0.5, 0.6) is 0 Å². The lowest BCUT2D eigenvalue weighted by molar-refractivity contribution is 0.188. The van der Waals surface area contributed by atoms with Gasteiger partial charge in [0.25, 0.3) is 0 Å². The number of rotatable bonds is 7. The zero-order chi connectivity index (χ0) is 12.0. The topological polar surface area (TPSA) is 67.4 Å². The Bertz CT molecular complexity index is 286. The molecule has 0 aromatic rings. The number of sulfonamides is 1. The third-order valence-corrected chi connectivity index (χ3v) is 4.16. The van der Waals surface area contributed by atoms with Gasteiger partial charge >= 0.3 is 0 Å².